The van der Waals surface area contributed by atoms with E-state index in [4.69, 9.17) is 0 Å². The molecule has 2 fully saturated rings. The van der Waals surface area contributed by atoms with E-state index in [1.165, 1.54) is 42.1 Å². The van der Waals surface area contributed by atoms with Gasteiger partial charge in [-0.15, -0.1) is 0 Å². The van der Waals surface area contributed by atoms with E-state index in [1.54, 1.807) is 0 Å². The highest BCUT2D eigenvalue weighted by molar-refractivity contribution is 9.10. The second-order valence-electron chi connectivity index (χ2n) is 5.92. The molecule has 0 radical (unpaired) electrons. The SMILES string of the molecule is CNC(Cc1ccc(Br)cc1)C1C2CCCCC21. The van der Waals surface area contributed by atoms with Crippen molar-refractivity contribution in [2.75, 3.05) is 7.05 Å². The van der Waals surface area contributed by atoms with Gasteiger partial charge in [0.15, 0.2) is 0 Å². The smallest absolute Gasteiger partial charge is 0.0175 e. The Balaban J connectivity index is 1.65. The monoisotopic (exact) mass is 307 g/mol. The lowest BCUT2D eigenvalue weighted by atomic mass is 10.00. The summed E-state index contributed by atoms with van der Waals surface area (Å²) in [6.07, 6.45) is 7.07. The summed E-state index contributed by atoms with van der Waals surface area (Å²) >= 11 is 3.50. The third-order valence-electron chi connectivity index (χ3n) is 4.93. The van der Waals surface area contributed by atoms with Crippen LogP contribution in [0.3, 0.4) is 0 Å². The van der Waals surface area contributed by atoms with E-state index < -0.39 is 0 Å². The molecule has 1 nitrogen and oxygen atoms in total. The third-order valence-corrected chi connectivity index (χ3v) is 5.46. The van der Waals surface area contributed by atoms with E-state index in [2.05, 4.69) is 52.6 Å². The van der Waals surface area contributed by atoms with Gasteiger partial charge in [-0.1, -0.05) is 40.9 Å². The van der Waals surface area contributed by atoms with Crippen LogP contribution < -0.4 is 5.32 Å². The maximum Gasteiger partial charge on any atom is 0.0175 e. The predicted octanol–water partition coefficient (Wildman–Crippen LogP) is 4.02. The number of likely N-dealkylation sites (N-methyl/N-ethyl adjacent to an activating group) is 1. The molecule has 1 aromatic rings. The summed E-state index contributed by atoms with van der Waals surface area (Å²) < 4.78 is 1.17. The molecular weight excluding hydrogens is 286 g/mol. The number of hydrogen-bond acceptors (Lipinski definition) is 1. The van der Waals surface area contributed by atoms with Crippen LogP contribution in [-0.2, 0) is 6.42 Å². The molecule has 1 aromatic carbocycles. The highest BCUT2D eigenvalue weighted by Gasteiger charge is 2.53. The van der Waals surface area contributed by atoms with Crippen LogP contribution in [0.1, 0.15) is 31.2 Å². The molecule has 3 unspecified atom stereocenters. The molecule has 0 amide bonds. The third kappa shape index (κ3) is 2.50. The highest BCUT2D eigenvalue weighted by atomic mass is 79.9. The van der Waals surface area contributed by atoms with E-state index in [0.717, 1.165) is 17.8 Å². The van der Waals surface area contributed by atoms with Gasteiger partial charge in [-0.3, -0.25) is 0 Å². The standard InChI is InChI=1S/C16H22BrN/c1-18-15(10-11-6-8-12(17)9-7-11)16-13-4-2-3-5-14(13)16/h6-9,13-16,18H,2-5,10H2,1H3. The predicted molar refractivity (Wildman–Crippen MR) is 79.6 cm³/mol. The molecule has 0 bridgehead atoms. The lowest BCUT2D eigenvalue weighted by Gasteiger charge is -2.16. The van der Waals surface area contributed by atoms with Crippen LogP contribution in [-0.4, -0.2) is 13.1 Å². The molecule has 0 aliphatic heterocycles. The Labute approximate surface area is 118 Å². The summed E-state index contributed by atoms with van der Waals surface area (Å²) in [5.41, 5.74) is 1.46. The highest BCUT2D eigenvalue weighted by Crippen LogP contribution is 2.57. The van der Waals surface area contributed by atoms with Crippen LogP contribution in [0.5, 0.6) is 0 Å². The normalized spacial score (nSPS) is 31.8. The van der Waals surface area contributed by atoms with Crippen molar-refractivity contribution >= 4 is 15.9 Å². The Hall–Kier alpha value is -0.340. The first-order valence-corrected chi connectivity index (χ1v) is 8.00. The summed E-state index contributed by atoms with van der Waals surface area (Å²) in [7, 11) is 2.13. The zero-order valence-electron chi connectivity index (χ0n) is 11.0. The summed E-state index contributed by atoms with van der Waals surface area (Å²) in [5.74, 6) is 3.01. The van der Waals surface area contributed by atoms with Gasteiger partial charge in [0.1, 0.15) is 0 Å². The summed E-state index contributed by atoms with van der Waals surface area (Å²) in [4.78, 5) is 0. The molecular formula is C16H22BrN. The molecule has 3 rings (SSSR count). The number of hydrogen-bond donors (Lipinski definition) is 1. The number of benzene rings is 1. The Bertz CT molecular complexity index is 388. The molecule has 2 aliphatic rings. The minimum atomic E-state index is 0.680. The van der Waals surface area contributed by atoms with Crippen LogP contribution in [0.4, 0.5) is 0 Å². The second-order valence-corrected chi connectivity index (χ2v) is 6.83. The van der Waals surface area contributed by atoms with E-state index in [1.807, 2.05) is 0 Å². The Morgan fingerprint density at radius 1 is 1.17 bits per heavy atom. The van der Waals surface area contributed by atoms with Crippen molar-refractivity contribution in [2.24, 2.45) is 17.8 Å². The first-order chi connectivity index (χ1) is 8.79. The van der Waals surface area contributed by atoms with Gasteiger partial charge in [0.05, 0.1) is 0 Å². The quantitative estimate of drug-likeness (QED) is 0.886. The average molecular weight is 308 g/mol. The van der Waals surface area contributed by atoms with Crippen LogP contribution in [0, 0.1) is 17.8 Å². The van der Waals surface area contributed by atoms with Crippen LogP contribution in [0.2, 0.25) is 0 Å². The van der Waals surface area contributed by atoms with Crippen molar-refractivity contribution in [3.8, 4) is 0 Å². The molecule has 0 heterocycles. The van der Waals surface area contributed by atoms with E-state index in [-0.39, 0.29) is 0 Å². The molecule has 3 atom stereocenters. The largest absolute Gasteiger partial charge is 0.316 e. The first-order valence-electron chi connectivity index (χ1n) is 7.21. The van der Waals surface area contributed by atoms with Crippen LogP contribution in [0.15, 0.2) is 28.7 Å². The van der Waals surface area contributed by atoms with Crippen molar-refractivity contribution in [3.05, 3.63) is 34.3 Å². The zero-order valence-corrected chi connectivity index (χ0v) is 12.6. The van der Waals surface area contributed by atoms with Crippen LogP contribution in [0.25, 0.3) is 0 Å². The molecule has 2 heteroatoms. The van der Waals surface area contributed by atoms with Crippen LogP contribution >= 0.6 is 15.9 Å². The Kier molecular flexibility index (Phi) is 3.76. The Morgan fingerprint density at radius 2 is 1.78 bits per heavy atom. The van der Waals surface area contributed by atoms with Crippen molar-refractivity contribution in [1.29, 1.82) is 0 Å². The van der Waals surface area contributed by atoms with Gasteiger partial charge in [0, 0.05) is 10.5 Å². The van der Waals surface area contributed by atoms with E-state index in [0.29, 0.717) is 6.04 Å². The van der Waals surface area contributed by atoms with E-state index in [9.17, 15) is 0 Å². The topological polar surface area (TPSA) is 12.0 Å². The summed E-state index contributed by atoms with van der Waals surface area (Å²) in [6, 6.07) is 9.49. The molecule has 0 saturated heterocycles. The van der Waals surface area contributed by atoms with Gasteiger partial charge in [-0.25, -0.2) is 0 Å². The molecule has 0 spiro atoms. The molecule has 98 valence electrons. The molecule has 1 N–H and O–H groups in total. The molecule has 2 saturated carbocycles. The summed E-state index contributed by atoms with van der Waals surface area (Å²) in [6.45, 7) is 0. The number of fused-ring (bicyclic) bond motifs is 1. The van der Waals surface area contributed by atoms with Crippen molar-refractivity contribution in [3.63, 3.8) is 0 Å². The van der Waals surface area contributed by atoms with Crippen molar-refractivity contribution < 1.29 is 0 Å². The van der Waals surface area contributed by atoms with Crippen molar-refractivity contribution in [1.82, 2.24) is 5.32 Å². The van der Waals surface area contributed by atoms with Gasteiger partial charge in [-0.05, 0) is 61.8 Å². The molecule has 18 heavy (non-hydrogen) atoms. The minimum Gasteiger partial charge on any atom is -0.316 e. The van der Waals surface area contributed by atoms with Gasteiger partial charge in [0.25, 0.3) is 0 Å². The molecule has 0 aromatic heterocycles. The Morgan fingerprint density at radius 3 is 2.33 bits per heavy atom. The molecule has 2 aliphatic carbocycles. The minimum absolute atomic E-state index is 0.680. The lowest BCUT2D eigenvalue weighted by molar-refractivity contribution is 0.460. The van der Waals surface area contributed by atoms with Crippen molar-refractivity contribution in [2.45, 2.75) is 38.1 Å². The number of halogens is 1. The summed E-state index contributed by atoms with van der Waals surface area (Å²) in [5, 5.41) is 3.57. The lowest BCUT2D eigenvalue weighted by Crippen LogP contribution is -2.31. The maximum atomic E-state index is 3.57. The van der Waals surface area contributed by atoms with Gasteiger partial charge >= 0.3 is 0 Å². The fraction of sp³-hybridized carbons (Fsp3) is 0.625. The van der Waals surface area contributed by atoms with E-state index >= 15 is 0 Å². The van der Waals surface area contributed by atoms with Gasteiger partial charge < -0.3 is 5.32 Å². The fourth-order valence-corrected chi connectivity index (χ4v) is 4.21. The maximum absolute atomic E-state index is 3.57. The number of nitrogens with one attached hydrogen (secondary N) is 1. The average Bonchev–Trinajstić information content (AvgIpc) is 3.12. The second kappa shape index (κ2) is 5.34. The van der Waals surface area contributed by atoms with Gasteiger partial charge in [-0.2, -0.15) is 0 Å². The zero-order chi connectivity index (χ0) is 12.5. The first kappa shape index (κ1) is 12.7. The number of rotatable bonds is 4. The fourth-order valence-electron chi connectivity index (χ4n) is 3.95. The van der Waals surface area contributed by atoms with Gasteiger partial charge in [0.2, 0.25) is 0 Å².